The molecule has 0 aliphatic heterocycles. The van der Waals surface area contributed by atoms with E-state index in [1.165, 1.54) is 0 Å². The molecule has 74 valence electrons. The van der Waals surface area contributed by atoms with Gasteiger partial charge in [0.1, 0.15) is 0 Å². The van der Waals surface area contributed by atoms with Crippen LogP contribution in [0.5, 0.6) is 0 Å². The first kappa shape index (κ1) is 12.0. The van der Waals surface area contributed by atoms with E-state index in [1.54, 1.807) is 7.11 Å². The smallest absolute Gasteiger partial charge is 0.382 e. The molecule has 0 rings (SSSR count). The topological polar surface area (TPSA) is 18.5 Å². The molecule has 0 aliphatic rings. The maximum Gasteiger partial charge on any atom is 0.422 e. The van der Waals surface area contributed by atoms with Crippen LogP contribution in [0.25, 0.3) is 0 Å². The van der Waals surface area contributed by atoms with Crippen molar-refractivity contribution >= 4 is 8.74 Å². The van der Waals surface area contributed by atoms with E-state index in [1.807, 2.05) is 0 Å². The van der Waals surface area contributed by atoms with Gasteiger partial charge >= 0.3 is 8.74 Å². The average molecular weight is 198 g/mol. The summed E-state index contributed by atoms with van der Waals surface area (Å²) in [6.07, 6.45) is 0.458. The van der Waals surface area contributed by atoms with Crippen LogP contribution < -0.4 is 0 Å². The third-order valence-corrected chi connectivity index (χ3v) is 2.57. The van der Waals surface area contributed by atoms with Crippen molar-refractivity contribution in [3.63, 3.8) is 0 Å². The minimum atomic E-state index is -3.84. The molecule has 0 atom stereocenters. The summed E-state index contributed by atoms with van der Waals surface area (Å²) >= 11 is 0. The van der Waals surface area contributed by atoms with E-state index >= 15 is 0 Å². The fraction of sp³-hybridized carbons (Fsp3) is 1.00. The van der Waals surface area contributed by atoms with E-state index in [-0.39, 0.29) is 6.04 Å². The molecule has 2 nitrogen and oxygen atoms in total. The van der Waals surface area contributed by atoms with Gasteiger partial charge in [-0.05, 0) is 13.0 Å². The molecule has 0 aliphatic carbocycles. The molecule has 0 saturated carbocycles. The summed E-state index contributed by atoms with van der Waals surface area (Å²) in [6.45, 7) is 2.50. The number of methoxy groups -OCH3 is 1. The maximum atomic E-state index is 12.4. The minimum absolute atomic E-state index is 0.0278. The standard InChI is InChI=1S/C7H16F2O2Si/c1-10-5-6-11-4-3-7-12(2,8)9/h3-7H2,1-2H3. The second kappa shape index (κ2) is 6.51. The van der Waals surface area contributed by atoms with Gasteiger partial charge in [0.25, 0.3) is 0 Å². The van der Waals surface area contributed by atoms with Crippen molar-refractivity contribution in [3.8, 4) is 0 Å². The molecule has 0 unspecified atom stereocenters. The number of hydrogen-bond acceptors (Lipinski definition) is 2. The van der Waals surface area contributed by atoms with Gasteiger partial charge in [-0.2, -0.15) is 0 Å². The Morgan fingerprint density at radius 1 is 1.17 bits per heavy atom. The zero-order chi connectivity index (χ0) is 9.45. The normalized spacial score (nSPS) is 12.0. The Morgan fingerprint density at radius 2 is 1.83 bits per heavy atom. The third-order valence-electron chi connectivity index (χ3n) is 1.34. The highest BCUT2D eigenvalue weighted by atomic mass is 28.4. The van der Waals surface area contributed by atoms with Crippen LogP contribution in [0.4, 0.5) is 8.22 Å². The average Bonchev–Trinajstić information content (AvgIpc) is 1.94. The van der Waals surface area contributed by atoms with Gasteiger partial charge in [-0.1, -0.05) is 0 Å². The molecule has 0 heterocycles. The molecule has 0 amide bonds. The summed E-state index contributed by atoms with van der Waals surface area (Å²) in [5.74, 6) is 0. The number of rotatable bonds is 7. The van der Waals surface area contributed by atoms with Crippen LogP contribution in [0.2, 0.25) is 12.6 Å². The van der Waals surface area contributed by atoms with Gasteiger partial charge in [0.15, 0.2) is 0 Å². The van der Waals surface area contributed by atoms with E-state index in [2.05, 4.69) is 0 Å². The molecule has 0 aromatic rings. The Hall–Kier alpha value is -0.00312. The largest absolute Gasteiger partial charge is 0.422 e. The van der Waals surface area contributed by atoms with Gasteiger partial charge in [-0.25, -0.2) is 0 Å². The molecule has 12 heavy (non-hydrogen) atoms. The lowest BCUT2D eigenvalue weighted by molar-refractivity contribution is 0.0706. The summed E-state index contributed by atoms with van der Waals surface area (Å²) in [4.78, 5) is 0. The molecule has 0 fully saturated rings. The molecule has 0 saturated heterocycles. The van der Waals surface area contributed by atoms with Crippen molar-refractivity contribution in [3.05, 3.63) is 0 Å². The number of hydrogen-bond donors (Lipinski definition) is 0. The second-order valence-electron chi connectivity index (χ2n) is 2.78. The lowest BCUT2D eigenvalue weighted by atomic mass is 10.5. The quantitative estimate of drug-likeness (QED) is 0.354. The highest BCUT2D eigenvalue weighted by Crippen LogP contribution is 2.14. The van der Waals surface area contributed by atoms with E-state index in [0.717, 1.165) is 6.55 Å². The maximum absolute atomic E-state index is 12.4. The van der Waals surface area contributed by atoms with E-state index in [9.17, 15) is 8.22 Å². The van der Waals surface area contributed by atoms with E-state index in [4.69, 9.17) is 9.47 Å². The van der Waals surface area contributed by atoms with Crippen LogP contribution in [-0.2, 0) is 9.47 Å². The van der Waals surface area contributed by atoms with Crippen LogP contribution in [0.3, 0.4) is 0 Å². The highest BCUT2D eigenvalue weighted by molar-refractivity contribution is 6.64. The van der Waals surface area contributed by atoms with Crippen LogP contribution in [0.1, 0.15) is 6.42 Å². The second-order valence-corrected chi connectivity index (χ2v) is 5.42. The fourth-order valence-electron chi connectivity index (χ4n) is 0.729. The van der Waals surface area contributed by atoms with Crippen LogP contribution in [0, 0.1) is 0 Å². The third kappa shape index (κ3) is 10.00. The molecule has 0 bridgehead atoms. The van der Waals surface area contributed by atoms with Gasteiger partial charge < -0.3 is 9.47 Å². The summed E-state index contributed by atoms with van der Waals surface area (Å²) < 4.78 is 34.5. The lowest BCUT2D eigenvalue weighted by Crippen LogP contribution is -2.16. The van der Waals surface area contributed by atoms with Crippen LogP contribution in [0.15, 0.2) is 0 Å². The molecular formula is C7H16F2O2Si. The zero-order valence-electron chi connectivity index (χ0n) is 7.61. The predicted octanol–water partition coefficient (Wildman–Crippen LogP) is 2.05. The highest BCUT2D eigenvalue weighted by Gasteiger charge is 2.26. The van der Waals surface area contributed by atoms with Gasteiger partial charge in [0.2, 0.25) is 0 Å². The molecular weight excluding hydrogens is 182 g/mol. The first-order valence-electron chi connectivity index (χ1n) is 4.01. The Balaban J connectivity index is 3.01. The van der Waals surface area contributed by atoms with Gasteiger partial charge in [-0.3, -0.25) is 8.22 Å². The summed E-state index contributed by atoms with van der Waals surface area (Å²) in [7, 11) is -2.26. The Bertz CT molecular complexity index is 106. The molecule has 5 heteroatoms. The predicted molar refractivity (Wildman–Crippen MR) is 46.0 cm³/mol. The Kier molecular flexibility index (Phi) is 6.50. The Labute approximate surface area is 73.2 Å². The van der Waals surface area contributed by atoms with Crippen molar-refractivity contribution < 1.29 is 17.7 Å². The van der Waals surface area contributed by atoms with Crippen molar-refractivity contribution in [1.29, 1.82) is 0 Å². The van der Waals surface area contributed by atoms with Crippen molar-refractivity contribution in [2.75, 3.05) is 26.9 Å². The SMILES string of the molecule is COCCOCCC[Si](C)(F)F. The summed E-state index contributed by atoms with van der Waals surface area (Å²) in [5.41, 5.74) is 0. The number of ether oxygens (including phenoxy) is 2. The van der Waals surface area contributed by atoms with Gasteiger partial charge in [-0.15, -0.1) is 0 Å². The van der Waals surface area contributed by atoms with Crippen molar-refractivity contribution in [2.24, 2.45) is 0 Å². The molecule has 0 aromatic carbocycles. The van der Waals surface area contributed by atoms with Gasteiger partial charge in [0, 0.05) is 19.8 Å². The molecule has 0 N–H and O–H groups in total. The van der Waals surface area contributed by atoms with Gasteiger partial charge in [0.05, 0.1) is 13.2 Å². The van der Waals surface area contributed by atoms with Crippen molar-refractivity contribution in [1.82, 2.24) is 0 Å². The minimum Gasteiger partial charge on any atom is -0.382 e. The number of halogens is 2. The van der Waals surface area contributed by atoms with Crippen LogP contribution >= 0.6 is 0 Å². The molecule has 0 aromatic heterocycles. The Morgan fingerprint density at radius 3 is 2.33 bits per heavy atom. The van der Waals surface area contributed by atoms with Crippen LogP contribution in [-0.4, -0.2) is 35.7 Å². The zero-order valence-corrected chi connectivity index (χ0v) is 8.61. The summed E-state index contributed by atoms with van der Waals surface area (Å²) in [5, 5.41) is 0. The van der Waals surface area contributed by atoms with Crippen molar-refractivity contribution in [2.45, 2.75) is 19.0 Å². The molecule has 0 radical (unpaired) electrons. The van der Waals surface area contributed by atoms with E-state index in [0.29, 0.717) is 26.2 Å². The summed E-state index contributed by atoms with van der Waals surface area (Å²) in [6, 6.07) is 0.0278. The van der Waals surface area contributed by atoms with E-state index < -0.39 is 8.74 Å². The molecule has 0 spiro atoms. The fourth-order valence-corrected chi connectivity index (χ4v) is 1.49. The lowest BCUT2D eigenvalue weighted by Gasteiger charge is -2.06. The monoisotopic (exact) mass is 198 g/mol. The first-order valence-corrected chi connectivity index (χ1v) is 6.47. The first-order chi connectivity index (χ1) is 5.56.